The van der Waals surface area contributed by atoms with Crippen LogP contribution in [0.1, 0.15) is 13.0 Å². The summed E-state index contributed by atoms with van der Waals surface area (Å²) in [4.78, 5) is 13.4. The molecule has 1 amide bonds. The molecule has 0 aliphatic rings. The van der Waals surface area contributed by atoms with Crippen molar-refractivity contribution in [2.24, 2.45) is 0 Å². The molecule has 3 aromatic rings. The number of nitrogens with zero attached hydrogens (tertiary/aromatic N) is 6. The van der Waals surface area contributed by atoms with Gasteiger partial charge < -0.3 is 5.32 Å². The van der Waals surface area contributed by atoms with Gasteiger partial charge in [0.25, 0.3) is 5.91 Å². The van der Waals surface area contributed by atoms with Gasteiger partial charge in [0.2, 0.25) is 5.82 Å². The third kappa shape index (κ3) is 2.95. The van der Waals surface area contributed by atoms with E-state index in [2.05, 4.69) is 30.9 Å². The van der Waals surface area contributed by atoms with E-state index in [1.165, 1.54) is 11.0 Å². The fourth-order valence-corrected chi connectivity index (χ4v) is 1.80. The van der Waals surface area contributed by atoms with Crippen molar-refractivity contribution in [2.45, 2.75) is 13.0 Å². The summed E-state index contributed by atoms with van der Waals surface area (Å²) in [5.41, 5.74) is 0.843. The first-order chi connectivity index (χ1) is 10.7. The van der Waals surface area contributed by atoms with Crippen molar-refractivity contribution in [2.75, 3.05) is 5.32 Å². The molecule has 0 saturated heterocycles. The van der Waals surface area contributed by atoms with Gasteiger partial charge in [0.1, 0.15) is 6.04 Å². The largest absolute Gasteiger partial charge is 0.307 e. The molecule has 1 atom stereocenters. The lowest BCUT2D eigenvalue weighted by Crippen LogP contribution is -2.25. The van der Waals surface area contributed by atoms with E-state index >= 15 is 0 Å². The van der Waals surface area contributed by atoms with Crippen molar-refractivity contribution in [3.05, 3.63) is 48.7 Å². The number of benzene rings is 1. The number of nitrogens with one attached hydrogen (secondary N) is 1. The zero-order valence-electron chi connectivity index (χ0n) is 11.8. The van der Waals surface area contributed by atoms with Gasteiger partial charge in [0, 0.05) is 11.8 Å². The maximum Gasteiger partial charge on any atom is 0.252 e. The zero-order chi connectivity index (χ0) is 15.4. The minimum absolute atomic E-state index is 0.294. The molecule has 0 fully saturated rings. The van der Waals surface area contributed by atoms with Gasteiger partial charge in [-0.05, 0) is 24.3 Å². The van der Waals surface area contributed by atoms with Crippen LogP contribution in [0.5, 0.6) is 0 Å². The molecule has 0 spiro atoms. The van der Waals surface area contributed by atoms with Crippen LogP contribution < -0.4 is 5.32 Å². The van der Waals surface area contributed by atoms with Crippen molar-refractivity contribution >= 4 is 11.7 Å². The second-order valence-corrected chi connectivity index (χ2v) is 4.57. The fourth-order valence-electron chi connectivity index (χ4n) is 1.80. The van der Waals surface area contributed by atoms with Crippen LogP contribution in [-0.2, 0) is 4.79 Å². The highest BCUT2D eigenvalue weighted by Gasteiger charge is 2.19. The molecule has 2 aromatic heterocycles. The molecule has 0 bridgehead atoms. The Hall–Kier alpha value is -3.16. The molecule has 0 unspecified atom stereocenters. The van der Waals surface area contributed by atoms with Gasteiger partial charge in [-0.3, -0.25) is 4.79 Å². The third-order valence-corrected chi connectivity index (χ3v) is 3.01. The number of tetrazole rings is 1. The number of hydrogen-bond acceptors (Lipinski definition) is 6. The summed E-state index contributed by atoms with van der Waals surface area (Å²) >= 11 is 0. The van der Waals surface area contributed by atoms with Gasteiger partial charge in [0.05, 0.1) is 0 Å². The van der Waals surface area contributed by atoms with E-state index in [4.69, 9.17) is 0 Å². The van der Waals surface area contributed by atoms with Crippen LogP contribution in [0.3, 0.4) is 0 Å². The first-order valence-electron chi connectivity index (χ1n) is 6.67. The third-order valence-electron chi connectivity index (χ3n) is 3.01. The summed E-state index contributed by atoms with van der Waals surface area (Å²) in [7, 11) is 0. The Morgan fingerprint density at radius 1 is 1.14 bits per heavy atom. The fraction of sp³-hybridized carbons (Fsp3) is 0.143. The molecule has 0 aliphatic carbocycles. The van der Waals surface area contributed by atoms with Crippen molar-refractivity contribution in [1.29, 1.82) is 0 Å². The highest BCUT2D eigenvalue weighted by Crippen LogP contribution is 2.14. The van der Waals surface area contributed by atoms with E-state index in [1.807, 2.05) is 30.3 Å². The van der Waals surface area contributed by atoms with Crippen LogP contribution in [0.25, 0.3) is 11.4 Å². The number of carbonyl (C=O) groups is 1. The van der Waals surface area contributed by atoms with E-state index in [1.54, 1.807) is 19.1 Å². The summed E-state index contributed by atoms with van der Waals surface area (Å²) in [5, 5.41) is 22.3. The number of hydrogen-bond donors (Lipinski definition) is 1. The first kappa shape index (κ1) is 13.8. The van der Waals surface area contributed by atoms with Crippen LogP contribution >= 0.6 is 0 Å². The first-order valence-corrected chi connectivity index (χ1v) is 6.67. The lowest BCUT2D eigenvalue weighted by molar-refractivity contribution is -0.119. The molecular formula is C14H13N7O. The summed E-state index contributed by atoms with van der Waals surface area (Å²) < 4.78 is 0. The Balaban J connectivity index is 1.74. The minimum atomic E-state index is -0.619. The molecule has 3 rings (SSSR count). The van der Waals surface area contributed by atoms with Crippen LogP contribution in [0.2, 0.25) is 0 Å². The maximum atomic E-state index is 12.2. The van der Waals surface area contributed by atoms with E-state index in [0.29, 0.717) is 11.6 Å². The number of amides is 1. The maximum absolute atomic E-state index is 12.2. The molecule has 0 aliphatic heterocycles. The van der Waals surface area contributed by atoms with Gasteiger partial charge in [-0.25, -0.2) is 0 Å². The van der Waals surface area contributed by atoms with Gasteiger partial charge in [-0.1, -0.05) is 30.3 Å². The summed E-state index contributed by atoms with van der Waals surface area (Å²) in [6.45, 7) is 1.68. The van der Waals surface area contributed by atoms with Crippen LogP contribution in [0.15, 0.2) is 48.7 Å². The predicted molar refractivity (Wildman–Crippen MR) is 78.6 cm³/mol. The summed E-state index contributed by atoms with van der Waals surface area (Å²) in [5.74, 6) is 0.556. The highest BCUT2D eigenvalue weighted by molar-refractivity contribution is 5.92. The smallest absolute Gasteiger partial charge is 0.252 e. The van der Waals surface area contributed by atoms with Gasteiger partial charge in [-0.15, -0.1) is 15.3 Å². The standard InChI is InChI=1S/C14H13N7O/c1-10(14(22)16-12-8-5-9-15-17-12)21-19-13(18-20-21)11-6-3-2-4-7-11/h2-10H,1H3,(H,16,17,22)/t10-/m1/s1. The van der Waals surface area contributed by atoms with Crippen LogP contribution in [0, 0.1) is 0 Å². The normalized spacial score (nSPS) is 11.9. The summed E-state index contributed by atoms with van der Waals surface area (Å²) in [6.07, 6.45) is 1.53. The van der Waals surface area contributed by atoms with Crippen LogP contribution in [-0.4, -0.2) is 36.3 Å². The lowest BCUT2D eigenvalue weighted by atomic mass is 10.2. The predicted octanol–water partition coefficient (Wildman–Crippen LogP) is 1.33. The van der Waals surface area contributed by atoms with E-state index < -0.39 is 6.04 Å². The van der Waals surface area contributed by atoms with Crippen molar-refractivity contribution in [3.63, 3.8) is 0 Å². The van der Waals surface area contributed by atoms with Gasteiger partial charge in [-0.2, -0.15) is 9.90 Å². The molecule has 1 aromatic carbocycles. The highest BCUT2D eigenvalue weighted by atomic mass is 16.2. The Morgan fingerprint density at radius 3 is 2.68 bits per heavy atom. The Bertz CT molecular complexity index is 757. The zero-order valence-corrected chi connectivity index (χ0v) is 11.8. The lowest BCUT2D eigenvalue weighted by Gasteiger charge is -2.09. The molecular weight excluding hydrogens is 282 g/mol. The quantitative estimate of drug-likeness (QED) is 0.779. The van der Waals surface area contributed by atoms with E-state index in [9.17, 15) is 4.79 Å². The van der Waals surface area contributed by atoms with Crippen molar-refractivity contribution in [3.8, 4) is 11.4 Å². The van der Waals surface area contributed by atoms with Crippen LogP contribution in [0.4, 0.5) is 5.82 Å². The number of rotatable bonds is 4. The SMILES string of the molecule is C[C@H](C(=O)Nc1cccnn1)n1nnc(-c2ccccc2)n1. The average Bonchev–Trinajstić information content (AvgIpc) is 3.06. The second-order valence-electron chi connectivity index (χ2n) is 4.57. The minimum Gasteiger partial charge on any atom is -0.307 e. The molecule has 110 valence electrons. The topological polar surface area (TPSA) is 98.5 Å². The van der Waals surface area contributed by atoms with E-state index in [-0.39, 0.29) is 5.91 Å². The molecule has 2 heterocycles. The average molecular weight is 295 g/mol. The molecule has 8 nitrogen and oxygen atoms in total. The number of anilines is 1. The Morgan fingerprint density at radius 2 is 1.95 bits per heavy atom. The van der Waals surface area contributed by atoms with E-state index in [0.717, 1.165) is 5.56 Å². The molecule has 0 saturated carbocycles. The summed E-state index contributed by atoms with van der Waals surface area (Å²) in [6, 6.07) is 12.2. The van der Waals surface area contributed by atoms with Gasteiger partial charge >= 0.3 is 0 Å². The molecule has 1 N–H and O–H groups in total. The number of aromatic nitrogens is 6. The Labute approximate surface area is 126 Å². The molecule has 0 radical (unpaired) electrons. The molecule has 22 heavy (non-hydrogen) atoms. The number of carbonyl (C=O) groups excluding carboxylic acids is 1. The van der Waals surface area contributed by atoms with Crippen molar-refractivity contribution < 1.29 is 4.79 Å². The second kappa shape index (κ2) is 6.08. The Kier molecular flexibility index (Phi) is 3.82. The monoisotopic (exact) mass is 295 g/mol. The molecule has 8 heteroatoms. The van der Waals surface area contributed by atoms with Crippen molar-refractivity contribution in [1.82, 2.24) is 30.4 Å². The van der Waals surface area contributed by atoms with Gasteiger partial charge in [0.15, 0.2) is 5.82 Å².